The fourth-order valence-corrected chi connectivity index (χ4v) is 4.61. The van der Waals surface area contributed by atoms with Gasteiger partial charge < -0.3 is 19.3 Å². The number of amides is 1. The number of rotatable bonds is 6. The molecule has 0 radical (unpaired) electrons. The van der Waals surface area contributed by atoms with Crippen LogP contribution >= 0.6 is 0 Å². The lowest BCUT2D eigenvalue weighted by Gasteiger charge is -2.30. The molecule has 0 bridgehead atoms. The van der Waals surface area contributed by atoms with Gasteiger partial charge in [-0.2, -0.15) is 0 Å². The molecule has 142 valence electrons. The van der Waals surface area contributed by atoms with E-state index in [0.29, 0.717) is 12.5 Å². The lowest BCUT2D eigenvalue weighted by Crippen LogP contribution is -3.10. The summed E-state index contributed by atoms with van der Waals surface area (Å²) < 4.78 is 11.2. The Labute approximate surface area is 156 Å². The zero-order valence-corrected chi connectivity index (χ0v) is 15.7. The van der Waals surface area contributed by atoms with E-state index in [4.69, 9.17) is 9.47 Å². The van der Waals surface area contributed by atoms with Crippen LogP contribution in [0.3, 0.4) is 0 Å². The van der Waals surface area contributed by atoms with Crippen LogP contribution in [-0.2, 0) is 11.3 Å². The number of nitrogens with zero attached hydrogens (tertiary/aromatic N) is 1. The van der Waals surface area contributed by atoms with Crippen LogP contribution in [0.25, 0.3) is 0 Å². The molecule has 4 rings (SSSR count). The summed E-state index contributed by atoms with van der Waals surface area (Å²) in [5, 5.41) is 0. The Kier molecular flexibility index (Phi) is 5.63. The summed E-state index contributed by atoms with van der Waals surface area (Å²) >= 11 is 0. The number of fused-ring (bicyclic) bond motifs is 1. The molecule has 1 N–H and O–H groups in total. The number of ether oxygens (including phenoxy) is 2. The van der Waals surface area contributed by atoms with Gasteiger partial charge in [-0.05, 0) is 18.9 Å². The number of hydrogen-bond donors (Lipinski definition) is 1. The molecule has 2 fully saturated rings. The molecule has 5 nitrogen and oxygen atoms in total. The monoisotopic (exact) mass is 359 g/mol. The zero-order chi connectivity index (χ0) is 17.8. The van der Waals surface area contributed by atoms with Crippen molar-refractivity contribution in [2.75, 3.05) is 33.0 Å². The first-order valence-corrected chi connectivity index (χ1v) is 10.3. The molecular formula is C21H31N2O3+. The Hall–Kier alpha value is -1.75. The predicted molar refractivity (Wildman–Crippen MR) is 99.4 cm³/mol. The van der Waals surface area contributed by atoms with Gasteiger partial charge in [0.05, 0.1) is 26.2 Å². The van der Waals surface area contributed by atoms with E-state index < -0.39 is 0 Å². The highest BCUT2D eigenvalue weighted by Crippen LogP contribution is 2.36. The van der Waals surface area contributed by atoms with E-state index in [1.165, 1.54) is 45.2 Å². The maximum Gasteiger partial charge on any atom is 0.231 e. The predicted octanol–water partition coefficient (Wildman–Crippen LogP) is 2.00. The molecule has 1 saturated heterocycles. The molecule has 0 atom stereocenters. The number of carbonyl (C=O) groups excluding carboxylic acids is 1. The third kappa shape index (κ3) is 3.98. The molecule has 2 aliphatic heterocycles. The smallest absolute Gasteiger partial charge is 0.231 e. The molecule has 1 aromatic carbocycles. The minimum atomic E-state index is 0.214. The first-order chi connectivity index (χ1) is 12.8. The summed E-state index contributed by atoms with van der Waals surface area (Å²) in [4.78, 5) is 17.0. The summed E-state index contributed by atoms with van der Waals surface area (Å²) in [5.74, 6) is 2.19. The van der Waals surface area contributed by atoms with Crippen molar-refractivity contribution in [2.45, 2.75) is 51.5 Å². The van der Waals surface area contributed by atoms with Crippen LogP contribution in [0.5, 0.6) is 11.5 Å². The van der Waals surface area contributed by atoms with Gasteiger partial charge in [-0.1, -0.05) is 31.4 Å². The Morgan fingerprint density at radius 2 is 1.88 bits per heavy atom. The van der Waals surface area contributed by atoms with E-state index in [-0.39, 0.29) is 12.7 Å². The van der Waals surface area contributed by atoms with Gasteiger partial charge in [0, 0.05) is 30.9 Å². The van der Waals surface area contributed by atoms with E-state index in [9.17, 15) is 4.79 Å². The van der Waals surface area contributed by atoms with E-state index in [0.717, 1.165) is 43.0 Å². The number of likely N-dealkylation sites (tertiary alicyclic amines) is 1. The summed E-state index contributed by atoms with van der Waals surface area (Å²) in [6, 6.07) is 6.00. The molecule has 5 heteroatoms. The summed E-state index contributed by atoms with van der Waals surface area (Å²) in [5.41, 5.74) is 1.07. The minimum Gasteiger partial charge on any atom is -0.454 e. The van der Waals surface area contributed by atoms with Crippen molar-refractivity contribution in [1.29, 1.82) is 0 Å². The van der Waals surface area contributed by atoms with E-state index >= 15 is 0 Å². The average Bonchev–Trinajstić information content (AvgIpc) is 3.37. The van der Waals surface area contributed by atoms with Gasteiger partial charge in [-0.3, -0.25) is 4.79 Å². The van der Waals surface area contributed by atoms with Crippen molar-refractivity contribution < 1.29 is 19.2 Å². The van der Waals surface area contributed by atoms with Crippen molar-refractivity contribution in [2.24, 2.45) is 5.92 Å². The fourth-order valence-electron chi connectivity index (χ4n) is 4.61. The van der Waals surface area contributed by atoms with Crippen LogP contribution in [0, 0.1) is 5.92 Å². The standard InChI is InChI=1S/C21H30N2O3/c24-21(17-7-2-1-3-8-17)23(14-13-22-11-4-5-12-22)15-18-9-6-10-19-20(18)26-16-25-19/h6,9-10,17H,1-5,7-8,11-16H2/p+1. The van der Waals surface area contributed by atoms with Crippen LogP contribution in [0.4, 0.5) is 0 Å². The third-order valence-electron chi connectivity index (χ3n) is 6.15. The fraction of sp³-hybridized carbons (Fsp3) is 0.667. The van der Waals surface area contributed by atoms with Gasteiger partial charge >= 0.3 is 0 Å². The highest BCUT2D eigenvalue weighted by Gasteiger charge is 2.29. The third-order valence-corrected chi connectivity index (χ3v) is 6.15. The zero-order valence-electron chi connectivity index (χ0n) is 15.7. The molecule has 1 saturated carbocycles. The molecule has 3 aliphatic rings. The second-order valence-corrected chi connectivity index (χ2v) is 7.95. The second kappa shape index (κ2) is 8.30. The molecule has 1 aliphatic carbocycles. The molecule has 0 aromatic heterocycles. The topological polar surface area (TPSA) is 43.2 Å². The Morgan fingerprint density at radius 1 is 1.08 bits per heavy atom. The van der Waals surface area contributed by atoms with Gasteiger partial charge in [0.15, 0.2) is 11.5 Å². The lowest BCUT2D eigenvalue weighted by atomic mass is 9.88. The van der Waals surface area contributed by atoms with Gasteiger partial charge in [0.1, 0.15) is 0 Å². The van der Waals surface area contributed by atoms with Crippen molar-refractivity contribution in [3.05, 3.63) is 23.8 Å². The normalized spacial score (nSPS) is 20.5. The number of para-hydroxylation sites is 1. The highest BCUT2D eigenvalue weighted by atomic mass is 16.7. The average molecular weight is 359 g/mol. The van der Waals surface area contributed by atoms with Crippen LogP contribution in [0.1, 0.15) is 50.5 Å². The van der Waals surface area contributed by atoms with Crippen molar-refractivity contribution in [3.63, 3.8) is 0 Å². The van der Waals surface area contributed by atoms with Gasteiger partial charge in [0.2, 0.25) is 12.7 Å². The first kappa shape index (κ1) is 17.7. The largest absolute Gasteiger partial charge is 0.454 e. The SMILES string of the molecule is O=C(C1CCCCC1)N(CC[NH+]1CCCC1)Cc1cccc2c1OCO2. The summed E-state index contributed by atoms with van der Waals surface area (Å²) in [6.07, 6.45) is 8.42. The van der Waals surface area contributed by atoms with E-state index in [2.05, 4.69) is 11.0 Å². The second-order valence-electron chi connectivity index (χ2n) is 7.95. The number of carbonyl (C=O) groups is 1. The maximum atomic E-state index is 13.3. The van der Waals surface area contributed by atoms with E-state index in [1.807, 2.05) is 12.1 Å². The van der Waals surface area contributed by atoms with Crippen LogP contribution in [-0.4, -0.2) is 43.8 Å². The summed E-state index contributed by atoms with van der Waals surface area (Å²) in [6.45, 7) is 5.32. The molecule has 26 heavy (non-hydrogen) atoms. The molecule has 1 amide bonds. The van der Waals surface area contributed by atoms with Crippen LogP contribution < -0.4 is 14.4 Å². The molecule has 0 unspecified atom stereocenters. The van der Waals surface area contributed by atoms with Gasteiger partial charge in [0.25, 0.3) is 0 Å². The van der Waals surface area contributed by atoms with Crippen LogP contribution in [0.2, 0.25) is 0 Å². The Bertz CT molecular complexity index is 622. The van der Waals surface area contributed by atoms with E-state index in [1.54, 1.807) is 4.90 Å². The van der Waals surface area contributed by atoms with Gasteiger partial charge in [-0.15, -0.1) is 0 Å². The Balaban J connectivity index is 1.47. The number of quaternary nitrogens is 1. The number of hydrogen-bond acceptors (Lipinski definition) is 3. The number of benzene rings is 1. The Morgan fingerprint density at radius 3 is 2.69 bits per heavy atom. The van der Waals surface area contributed by atoms with Crippen LogP contribution in [0.15, 0.2) is 18.2 Å². The first-order valence-electron chi connectivity index (χ1n) is 10.3. The van der Waals surface area contributed by atoms with Crippen molar-refractivity contribution in [1.82, 2.24) is 4.90 Å². The molecule has 1 aromatic rings. The molecule has 2 heterocycles. The van der Waals surface area contributed by atoms with Gasteiger partial charge in [-0.25, -0.2) is 0 Å². The lowest BCUT2D eigenvalue weighted by molar-refractivity contribution is -0.886. The number of nitrogens with one attached hydrogen (secondary N) is 1. The quantitative estimate of drug-likeness (QED) is 0.845. The molecule has 0 spiro atoms. The van der Waals surface area contributed by atoms with Crippen molar-refractivity contribution in [3.8, 4) is 11.5 Å². The highest BCUT2D eigenvalue weighted by molar-refractivity contribution is 5.79. The molecular weight excluding hydrogens is 328 g/mol. The summed E-state index contributed by atoms with van der Waals surface area (Å²) in [7, 11) is 0. The maximum absolute atomic E-state index is 13.3. The van der Waals surface area contributed by atoms with Crippen molar-refractivity contribution >= 4 is 5.91 Å². The minimum absolute atomic E-state index is 0.214.